The Morgan fingerprint density at radius 3 is 1.28 bits per heavy atom. The van der Waals surface area contributed by atoms with Crippen molar-refractivity contribution in [3.05, 3.63) is 24.3 Å². The molecule has 1 amide bonds. The van der Waals surface area contributed by atoms with Gasteiger partial charge in [0.1, 0.15) is 13.2 Å². The van der Waals surface area contributed by atoms with Gasteiger partial charge in [0, 0.05) is 6.42 Å². The number of quaternary nitrogens is 1. The van der Waals surface area contributed by atoms with Gasteiger partial charge in [0.15, 0.2) is 0 Å². The molecule has 0 radical (unpaired) electrons. The molecule has 0 aromatic heterocycles. The zero-order valence-corrected chi connectivity index (χ0v) is 42.0. The average Bonchev–Trinajstić information content (AvgIpc) is 3.21. The van der Waals surface area contributed by atoms with E-state index in [1.54, 1.807) is 6.08 Å². The van der Waals surface area contributed by atoms with Crippen LogP contribution in [0.1, 0.15) is 251 Å². The number of carbonyl (C=O) groups is 1. The molecule has 8 nitrogen and oxygen atoms in total. The Morgan fingerprint density at radius 2 is 0.902 bits per heavy atom. The lowest BCUT2D eigenvalue weighted by atomic mass is 10.0. The highest BCUT2D eigenvalue weighted by Crippen LogP contribution is 2.38. The first-order chi connectivity index (χ1) is 29.5. The number of nitrogens with zero attached hydrogens (tertiary/aromatic N) is 1. The lowest BCUT2D eigenvalue weighted by Gasteiger charge is -2.29. The minimum absolute atomic E-state index is 0.00125. The van der Waals surface area contributed by atoms with Gasteiger partial charge in [0.25, 0.3) is 7.82 Å². The summed E-state index contributed by atoms with van der Waals surface area (Å²) in [6.45, 7) is 4.65. The molecule has 0 fully saturated rings. The number of aliphatic hydroxyl groups is 1. The molecule has 0 aliphatic rings. The van der Waals surface area contributed by atoms with Crippen molar-refractivity contribution in [1.29, 1.82) is 0 Å². The molecule has 3 atom stereocenters. The summed E-state index contributed by atoms with van der Waals surface area (Å²) in [5.74, 6) is -0.204. The normalized spacial score (nSPS) is 14.3. The van der Waals surface area contributed by atoms with Gasteiger partial charge in [0.2, 0.25) is 5.91 Å². The van der Waals surface area contributed by atoms with E-state index in [0.717, 1.165) is 51.4 Å². The number of carbonyl (C=O) groups excluding carboxylic acids is 1. The second kappa shape index (κ2) is 44.2. The zero-order chi connectivity index (χ0) is 45.0. The Balaban J connectivity index is 4.22. The van der Waals surface area contributed by atoms with E-state index in [0.29, 0.717) is 17.4 Å². The van der Waals surface area contributed by atoms with Crippen LogP contribution in [0, 0.1) is 0 Å². The number of phosphoric ester groups is 1. The van der Waals surface area contributed by atoms with Gasteiger partial charge in [-0.3, -0.25) is 9.36 Å². The van der Waals surface area contributed by atoms with E-state index in [-0.39, 0.29) is 19.1 Å². The van der Waals surface area contributed by atoms with Crippen molar-refractivity contribution >= 4 is 13.7 Å². The summed E-state index contributed by atoms with van der Waals surface area (Å²) in [4.78, 5) is 25.4. The first-order valence-corrected chi connectivity index (χ1v) is 27.7. The Bertz CT molecular complexity index is 1050. The first kappa shape index (κ1) is 60.0. The van der Waals surface area contributed by atoms with E-state index >= 15 is 0 Å². The fourth-order valence-corrected chi connectivity index (χ4v) is 8.46. The maximum atomic E-state index is 12.9. The van der Waals surface area contributed by atoms with Gasteiger partial charge in [-0.1, -0.05) is 224 Å². The molecule has 0 rings (SSSR count). The van der Waals surface area contributed by atoms with Crippen LogP contribution in [0.25, 0.3) is 0 Å². The van der Waals surface area contributed by atoms with Crippen LogP contribution < -0.4 is 10.2 Å². The Morgan fingerprint density at radius 1 is 0.557 bits per heavy atom. The molecule has 0 saturated carbocycles. The van der Waals surface area contributed by atoms with Crippen molar-refractivity contribution in [2.45, 2.75) is 264 Å². The molecule has 3 unspecified atom stereocenters. The third-order valence-electron chi connectivity index (χ3n) is 11.9. The van der Waals surface area contributed by atoms with Crippen LogP contribution in [0.4, 0.5) is 0 Å². The van der Waals surface area contributed by atoms with Crippen LogP contribution in [0.5, 0.6) is 0 Å². The largest absolute Gasteiger partial charge is 0.756 e. The van der Waals surface area contributed by atoms with Gasteiger partial charge in [-0.05, 0) is 44.9 Å². The van der Waals surface area contributed by atoms with Gasteiger partial charge in [-0.25, -0.2) is 0 Å². The van der Waals surface area contributed by atoms with Crippen molar-refractivity contribution in [1.82, 2.24) is 5.32 Å². The van der Waals surface area contributed by atoms with Crippen molar-refractivity contribution in [3.8, 4) is 0 Å². The van der Waals surface area contributed by atoms with Gasteiger partial charge in [-0.15, -0.1) is 0 Å². The smallest absolute Gasteiger partial charge is 0.268 e. The predicted octanol–water partition coefficient (Wildman–Crippen LogP) is 14.6. The monoisotopic (exact) mass is 883 g/mol. The number of rotatable bonds is 48. The van der Waals surface area contributed by atoms with Crippen LogP contribution in [0.15, 0.2) is 24.3 Å². The minimum Gasteiger partial charge on any atom is -0.756 e. The van der Waals surface area contributed by atoms with Crippen molar-refractivity contribution in [3.63, 3.8) is 0 Å². The van der Waals surface area contributed by atoms with Crippen molar-refractivity contribution in [2.75, 3.05) is 40.9 Å². The van der Waals surface area contributed by atoms with Crippen LogP contribution in [-0.2, 0) is 18.4 Å². The second-order valence-corrected chi connectivity index (χ2v) is 20.6. The standard InChI is InChI=1S/C52H103N2O6P/c1-6-8-10-12-14-16-18-20-22-23-24-25-26-27-28-29-30-31-32-33-35-37-39-41-43-45-51(55)50(49-60-61(57,58)59-48-47-54(3,4)5)53-52(56)46-44-42-40-38-36-34-21-19-17-15-13-11-9-7-2/h19,21,43,45,50-51,55H,6-18,20,22-42,44,46-49H2,1-5H3,(H-,53,56,57,58)/b21-19-,45-43+. The molecule has 61 heavy (non-hydrogen) atoms. The summed E-state index contributed by atoms with van der Waals surface area (Å²) in [5, 5.41) is 13.8. The number of likely N-dealkylation sites (N-methyl/N-ethyl adjacent to an activating group) is 1. The summed E-state index contributed by atoms with van der Waals surface area (Å²) < 4.78 is 23.3. The Hall–Kier alpha value is -1.02. The fourth-order valence-electron chi connectivity index (χ4n) is 7.74. The van der Waals surface area contributed by atoms with Crippen LogP contribution in [0.3, 0.4) is 0 Å². The van der Waals surface area contributed by atoms with Crippen LogP contribution >= 0.6 is 7.82 Å². The topological polar surface area (TPSA) is 108 Å². The fraction of sp³-hybridized carbons (Fsp3) is 0.904. The summed E-state index contributed by atoms with van der Waals surface area (Å²) in [6, 6.07) is -0.888. The van der Waals surface area contributed by atoms with E-state index in [9.17, 15) is 19.4 Å². The quantitative estimate of drug-likeness (QED) is 0.0273. The van der Waals surface area contributed by atoms with Crippen LogP contribution in [0.2, 0.25) is 0 Å². The van der Waals surface area contributed by atoms with Crippen molar-refractivity contribution < 1.29 is 32.9 Å². The molecule has 0 aliphatic carbocycles. The number of hydrogen-bond acceptors (Lipinski definition) is 6. The van der Waals surface area contributed by atoms with E-state index in [1.165, 1.54) is 180 Å². The molecule has 0 heterocycles. The molecule has 9 heteroatoms. The number of amides is 1. The van der Waals surface area contributed by atoms with E-state index in [4.69, 9.17) is 9.05 Å². The number of allylic oxidation sites excluding steroid dienone is 3. The van der Waals surface area contributed by atoms with Crippen LogP contribution in [-0.4, -0.2) is 68.5 Å². The highest BCUT2D eigenvalue weighted by atomic mass is 31.2. The predicted molar refractivity (Wildman–Crippen MR) is 261 cm³/mol. The maximum Gasteiger partial charge on any atom is 0.268 e. The lowest BCUT2D eigenvalue weighted by molar-refractivity contribution is -0.870. The molecule has 0 aromatic carbocycles. The number of nitrogens with one attached hydrogen (secondary N) is 1. The van der Waals surface area contributed by atoms with Gasteiger partial charge < -0.3 is 28.8 Å². The average molecular weight is 883 g/mol. The third kappa shape index (κ3) is 46.8. The summed E-state index contributed by atoms with van der Waals surface area (Å²) >= 11 is 0. The molecule has 0 bridgehead atoms. The second-order valence-electron chi connectivity index (χ2n) is 19.2. The van der Waals surface area contributed by atoms with E-state index in [1.807, 2.05) is 27.2 Å². The number of phosphoric acid groups is 1. The molecular formula is C52H103N2O6P. The molecule has 0 saturated heterocycles. The molecular weight excluding hydrogens is 780 g/mol. The van der Waals surface area contributed by atoms with Gasteiger partial charge in [-0.2, -0.15) is 0 Å². The minimum atomic E-state index is -4.59. The van der Waals surface area contributed by atoms with Crippen molar-refractivity contribution in [2.24, 2.45) is 0 Å². The number of hydrogen-bond donors (Lipinski definition) is 2. The summed E-state index contributed by atoms with van der Waals surface area (Å²) in [5.41, 5.74) is 0. The molecule has 0 spiro atoms. The zero-order valence-electron chi connectivity index (χ0n) is 41.1. The van der Waals surface area contributed by atoms with Gasteiger partial charge >= 0.3 is 0 Å². The van der Waals surface area contributed by atoms with E-state index in [2.05, 4.69) is 31.3 Å². The van der Waals surface area contributed by atoms with Gasteiger partial charge in [0.05, 0.1) is 39.9 Å². The number of aliphatic hydroxyl groups excluding tert-OH is 1. The first-order valence-electron chi connectivity index (χ1n) is 26.2. The molecule has 0 aromatic rings. The Labute approximate surface area is 379 Å². The summed E-state index contributed by atoms with van der Waals surface area (Å²) in [7, 11) is 1.26. The molecule has 2 N–H and O–H groups in total. The highest BCUT2D eigenvalue weighted by molar-refractivity contribution is 7.45. The highest BCUT2D eigenvalue weighted by Gasteiger charge is 2.23. The lowest BCUT2D eigenvalue weighted by Crippen LogP contribution is -2.45. The third-order valence-corrected chi connectivity index (χ3v) is 12.9. The Kier molecular flexibility index (Phi) is 43.5. The SMILES string of the molecule is CCCCCCC/C=C\CCCCCCCC(=O)NC(COP(=O)([O-])OCC[N+](C)(C)C)C(O)/C=C/CCCCCCCCCCCCCCCCCCCCCCCCC. The molecule has 362 valence electrons. The summed E-state index contributed by atoms with van der Waals surface area (Å²) in [6.07, 6.45) is 53.8. The number of unbranched alkanes of at least 4 members (excludes halogenated alkanes) is 33. The molecule has 0 aliphatic heterocycles. The van der Waals surface area contributed by atoms with E-state index < -0.39 is 20.0 Å². The maximum absolute atomic E-state index is 12.9.